The summed E-state index contributed by atoms with van der Waals surface area (Å²) < 4.78 is 0. The molecule has 96 valence electrons. The van der Waals surface area contributed by atoms with Crippen molar-refractivity contribution in [2.24, 2.45) is 0 Å². The summed E-state index contributed by atoms with van der Waals surface area (Å²) in [6.07, 6.45) is 1.16. The molecule has 0 fully saturated rings. The number of aliphatic hydroxyl groups excluding tert-OH is 1. The van der Waals surface area contributed by atoms with Crippen LogP contribution in [0.1, 0.15) is 47.5 Å². The van der Waals surface area contributed by atoms with Crippen LogP contribution in [-0.4, -0.2) is 35.2 Å². The Morgan fingerprint density at radius 2 is 1.81 bits per heavy atom. The number of hydrogen-bond donors (Lipinski definition) is 3. The maximum Gasteiger partial charge on any atom is 0.221 e. The van der Waals surface area contributed by atoms with Crippen LogP contribution in [0.4, 0.5) is 0 Å². The molecule has 0 aromatic carbocycles. The summed E-state index contributed by atoms with van der Waals surface area (Å²) in [7, 11) is 0. The van der Waals surface area contributed by atoms with Gasteiger partial charge in [-0.25, -0.2) is 0 Å². The van der Waals surface area contributed by atoms with Gasteiger partial charge in [-0.3, -0.25) is 4.79 Å². The Bertz CT molecular complexity index is 218. The Morgan fingerprint density at radius 3 is 2.19 bits per heavy atom. The first-order valence-corrected chi connectivity index (χ1v) is 5.89. The number of carbonyl (C=O) groups is 1. The average molecular weight is 230 g/mol. The molecule has 0 aliphatic carbocycles. The van der Waals surface area contributed by atoms with Gasteiger partial charge in [-0.2, -0.15) is 0 Å². The topological polar surface area (TPSA) is 61.4 Å². The highest BCUT2D eigenvalue weighted by Gasteiger charge is 2.22. The van der Waals surface area contributed by atoms with Crippen molar-refractivity contribution in [2.75, 3.05) is 13.2 Å². The lowest BCUT2D eigenvalue weighted by molar-refractivity contribution is -0.123. The van der Waals surface area contributed by atoms with Crippen molar-refractivity contribution in [1.82, 2.24) is 10.6 Å². The minimum atomic E-state index is -0.487. The van der Waals surface area contributed by atoms with E-state index in [2.05, 4.69) is 31.4 Å². The van der Waals surface area contributed by atoms with Gasteiger partial charge in [0.1, 0.15) is 0 Å². The molecule has 0 saturated heterocycles. The van der Waals surface area contributed by atoms with Gasteiger partial charge in [0.05, 0.1) is 12.1 Å². The summed E-state index contributed by atoms with van der Waals surface area (Å²) in [5.74, 6) is -0.0184. The van der Waals surface area contributed by atoms with Crippen LogP contribution < -0.4 is 10.6 Å². The molecular weight excluding hydrogens is 204 g/mol. The smallest absolute Gasteiger partial charge is 0.221 e. The number of amides is 1. The van der Waals surface area contributed by atoms with E-state index in [1.165, 1.54) is 0 Å². The first-order valence-electron chi connectivity index (χ1n) is 5.89. The minimum absolute atomic E-state index is 0.0184. The molecule has 4 nitrogen and oxygen atoms in total. The van der Waals surface area contributed by atoms with Gasteiger partial charge in [-0.15, -0.1) is 0 Å². The van der Waals surface area contributed by atoms with Gasteiger partial charge in [-0.1, -0.05) is 6.92 Å². The fourth-order valence-corrected chi connectivity index (χ4v) is 1.19. The van der Waals surface area contributed by atoms with Gasteiger partial charge in [0.15, 0.2) is 0 Å². The molecule has 0 aliphatic heterocycles. The first-order chi connectivity index (χ1) is 7.22. The third kappa shape index (κ3) is 6.80. The third-order valence-corrected chi connectivity index (χ3v) is 2.58. The molecule has 4 heteroatoms. The van der Waals surface area contributed by atoms with Crippen molar-refractivity contribution in [2.45, 2.75) is 58.5 Å². The zero-order valence-electron chi connectivity index (χ0n) is 11.2. The van der Waals surface area contributed by atoms with Gasteiger partial charge in [-0.05, 0) is 34.1 Å². The number of aliphatic hydroxyl groups is 1. The second-order valence-corrected chi connectivity index (χ2v) is 5.55. The van der Waals surface area contributed by atoms with Crippen LogP contribution in [0.3, 0.4) is 0 Å². The predicted molar refractivity (Wildman–Crippen MR) is 66.3 cm³/mol. The molecule has 0 radical (unpaired) electrons. The summed E-state index contributed by atoms with van der Waals surface area (Å²) in [5, 5.41) is 15.3. The van der Waals surface area contributed by atoms with Crippen LogP contribution in [0.15, 0.2) is 0 Å². The van der Waals surface area contributed by atoms with E-state index in [4.69, 9.17) is 5.11 Å². The Balaban J connectivity index is 3.91. The Labute approximate surface area is 98.8 Å². The van der Waals surface area contributed by atoms with Crippen LogP contribution >= 0.6 is 0 Å². The van der Waals surface area contributed by atoms with Crippen molar-refractivity contribution in [3.63, 3.8) is 0 Å². The number of hydrogen-bond acceptors (Lipinski definition) is 3. The van der Waals surface area contributed by atoms with Crippen LogP contribution in [0.2, 0.25) is 0 Å². The molecule has 16 heavy (non-hydrogen) atoms. The average Bonchev–Trinajstić information content (AvgIpc) is 2.15. The van der Waals surface area contributed by atoms with Crippen molar-refractivity contribution < 1.29 is 9.90 Å². The lowest BCUT2D eigenvalue weighted by Crippen LogP contribution is -2.49. The summed E-state index contributed by atoms with van der Waals surface area (Å²) in [6, 6.07) is 0. The molecule has 0 saturated carbocycles. The van der Waals surface area contributed by atoms with E-state index >= 15 is 0 Å². The molecule has 1 atom stereocenters. The van der Waals surface area contributed by atoms with Crippen molar-refractivity contribution in [3.8, 4) is 0 Å². The summed E-state index contributed by atoms with van der Waals surface area (Å²) in [5.41, 5.74) is -0.454. The van der Waals surface area contributed by atoms with E-state index in [0.717, 1.165) is 6.42 Å². The molecule has 0 heterocycles. The Kier molecular flexibility index (Phi) is 5.97. The highest BCUT2D eigenvalue weighted by Crippen LogP contribution is 2.07. The summed E-state index contributed by atoms with van der Waals surface area (Å²) >= 11 is 0. The third-order valence-electron chi connectivity index (χ3n) is 2.58. The van der Waals surface area contributed by atoms with Gasteiger partial charge >= 0.3 is 0 Å². The lowest BCUT2D eigenvalue weighted by Gasteiger charge is -2.27. The fraction of sp³-hybridized carbons (Fsp3) is 0.917. The largest absolute Gasteiger partial charge is 0.394 e. The van der Waals surface area contributed by atoms with E-state index in [-0.39, 0.29) is 18.1 Å². The standard InChI is InChI=1S/C12H26N2O2/c1-6-12(5,9-15)14-10(16)7-8-13-11(2,3)4/h13,15H,6-9H2,1-5H3,(H,14,16). The number of carbonyl (C=O) groups excluding carboxylic acids is 1. The highest BCUT2D eigenvalue weighted by molar-refractivity contribution is 5.76. The number of nitrogens with one attached hydrogen (secondary N) is 2. The van der Waals surface area contributed by atoms with Gasteiger partial charge < -0.3 is 15.7 Å². The van der Waals surface area contributed by atoms with Gasteiger partial charge in [0.2, 0.25) is 5.91 Å². The Morgan fingerprint density at radius 1 is 1.25 bits per heavy atom. The van der Waals surface area contributed by atoms with Crippen LogP contribution in [-0.2, 0) is 4.79 Å². The molecule has 0 bridgehead atoms. The molecule has 0 rings (SSSR count). The quantitative estimate of drug-likeness (QED) is 0.639. The second kappa shape index (κ2) is 6.21. The maximum atomic E-state index is 11.6. The van der Waals surface area contributed by atoms with Crippen molar-refractivity contribution in [1.29, 1.82) is 0 Å². The van der Waals surface area contributed by atoms with Gasteiger partial charge in [0, 0.05) is 18.5 Å². The van der Waals surface area contributed by atoms with Gasteiger partial charge in [0.25, 0.3) is 0 Å². The molecule has 3 N–H and O–H groups in total. The van der Waals surface area contributed by atoms with E-state index in [9.17, 15) is 4.79 Å². The fourth-order valence-electron chi connectivity index (χ4n) is 1.19. The molecule has 1 unspecified atom stereocenters. The van der Waals surface area contributed by atoms with Crippen LogP contribution in [0.5, 0.6) is 0 Å². The molecule has 1 amide bonds. The SMILES string of the molecule is CCC(C)(CO)NC(=O)CCNC(C)(C)C. The number of rotatable bonds is 6. The Hall–Kier alpha value is -0.610. The zero-order chi connectivity index (χ0) is 12.8. The van der Waals surface area contributed by atoms with E-state index in [0.29, 0.717) is 13.0 Å². The summed E-state index contributed by atoms with van der Waals surface area (Å²) in [4.78, 5) is 11.6. The second-order valence-electron chi connectivity index (χ2n) is 5.55. The highest BCUT2D eigenvalue weighted by atomic mass is 16.3. The normalized spacial score (nSPS) is 15.6. The van der Waals surface area contributed by atoms with Crippen molar-refractivity contribution in [3.05, 3.63) is 0 Å². The molecular formula is C12H26N2O2. The van der Waals surface area contributed by atoms with E-state index < -0.39 is 5.54 Å². The minimum Gasteiger partial charge on any atom is -0.394 e. The molecule has 0 spiro atoms. The maximum absolute atomic E-state index is 11.6. The summed E-state index contributed by atoms with van der Waals surface area (Å²) in [6.45, 7) is 10.6. The lowest BCUT2D eigenvalue weighted by atomic mass is 10.00. The monoisotopic (exact) mass is 230 g/mol. The van der Waals surface area contributed by atoms with Crippen LogP contribution in [0.25, 0.3) is 0 Å². The van der Waals surface area contributed by atoms with E-state index in [1.54, 1.807) is 0 Å². The molecule has 0 aromatic heterocycles. The molecule has 0 aromatic rings. The molecule has 0 aliphatic rings. The predicted octanol–water partition coefficient (Wildman–Crippen LogP) is 1.04. The zero-order valence-corrected chi connectivity index (χ0v) is 11.2. The van der Waals surface area contributed by atoms with Crippen LogP contribution in [0, 0.1) is 0 Å². The first kappa shape index (κ1) is 15.4. The van der Waals surface area contributed by atoms with E-state index in [1.807, 2.05) is 13.8 Å². The van der Waals surface area contributed by atoms with Crippen molar-refractivity contribution >= 4 is 5.91 Å².